The van der Waals surface area contributed by atoms with Crippen molar-refractivity contribution in [1.82, 2.24) is 5.32 Å². The molecule has 4 heteroatoms. The second-order valence-electron chi connectivity index (χ2n) is 4.74. The van der Waals surface area contributed by atoms with Crippen LogP contribution in [0.4, 0.5) is 0 Å². The summed E-state index contributed by atoms with van der Waals surface area (Å²) in [6.45, 7) is 2.00. The second kappa shape index (κ2) is 6.67. The molecule has 0 spiro atoms. The molecular weight excluding hydrogens is 240 g/mol. The lowest BCUT2D eigenvalue weighted by atomic mass is 9.88. The van der Waals surface area contributed by atoms with Crippen LogP contribution in [0.15, 0.2) is 30.3 Å². The highest BCUT2D eigenvalue weighted by Gasteiger charge is 2.30. The number of ether oxygens (including phenoxy) is 2. The van der Waals surface area contributed by atoms with Gasteiger partial charge in [-0.1, -0.05) is 30.3 Å². The van der Waals surface area contributed by atoms with Gasteiger partial charge in [-0.2, -0.15) is 5.26 Å². The van der Waals surface area contributed by atoms with Gasteiger partial charge in [0.1, 0.15) is 5.54 Å². The molecule has 0 aromatic heterocycles. The highest BCUT2D eigenvalue weighted by molar-refractivity contribution is 5.31. The predicted molar refractivity (Wildman–Crippen MR) is 72.6 cm³/mol. The summed E-state index contributed by atoms with van der Waals surface area (Å²) in [5.74, 6) is 0. The van der Waals surface area contributed by atoms with Crippen LogP contribution in [0.25, 0.3) is 0 Å². The molecule has 1 aromatic rings. The molecule has 0 aliphatic carbocycles. The lowest BCUT2D eigenvalue weighted by molar-refractivity contribution is 0.0340. The minimum absolute atomic E-state index is 0.184. The molecule has 1 heterocycles. The molecule has 2 atom stereocenters. The SMILES string of the molecule is CNC(C#N)(CCOC1CCOC1)c1ccccc1. The van der Waals surface area contributed by atoms with Crippen LogP contribution < -0.4 is 5.32 Å². The van der Waals surface area contributed by atoms with Gasteiger partial charge >= 0.3 is 0 Å². The average molecular weight is 260 g/mol. The van der Waals surface area contributed by atoms with Crippen LogP contribution in [-0.4, -0.2) is 33.0 Å². The van der Waals surface area contributed by atoms with Gasteiger partial charge in [-0.05, 0) is 19.0 Å². The first-order chi connectivity index (χ1) is 9.30. The fraction of sp³-hybridized carbons (Fsp3) is 0.533. The smallest absolute Gasteiger partial charge is 0.134 e. The predicted octanol–water partition coefficient (Wildman–Crippen LogP) is 1.82. The van der Waals surface area contributed by atoms with Crippen LogP contribution in [0.5, 0.6) is 0 Å². The molecule has 1 saturated heterocycles. The Balaban J connectivity index is 1.97. The first kappa shape index (κ1) is 14.0. The highest BCUT2D eigenvalue weighted by atomic mass is 16.5. The van der Waals surface area contributed by atoms with Crippen molar-refractivity contribution in [3.8, 4) is 6.07 Å². The van der Waals surface area contributed by atoms with Gasteiger partial charge in [0.15, 0.2) is 0 Å². The van der Waals surface area contributed by atoms with Crippen LogP contribution in [0, 0.1) is 11.3 Å². The number of nitriles is 1. The Bertz CT molecular complexity index is 424. The van der Waals surface area contributed by atoms with Crippen molar-refractivity contribution in [2.24, 2.45) is 0 Å². The van der Waals surface area contributed by atoms with Crippen LogP contribution in [0.1, 0.15) is 18.4 Å². The zero-order valence-corrected chi connectivity index (χ0v) is 11.3. The topological polar surface area (TPSA) is 54.3 Å². The first-order valence-corrected chi connectivity index (χ1v) is 6.66. The Hall–Kier alpha value is -1.41. The van der Waals surface area contributed by atoms with E-state index in [0.717, 1.165) is 18.6 Å². The standard InChI is InChI=1S/C15H20N2O2/c1-17-15(12-16,13-5-3-2-4-6-13)8-10-19-14-7-9-18-11-14/h2-6,14,17H,7-11H2,1H3. The molecule has 1 aromatic carbocycles. The minimum Gasteiger partial charge on any atom is -0.379 e. The van der Waals surface area contributed by atoms with Crippen LogP contribution in [-0.2, 0) is 15.0 Å². The molecule has 102 valence electrons. The van der Waals surface area contributed by atoms with Gasteiger partial charge in [0.2, 0.25) is 0 Å². The average Bonchev–Trinajstić information content (AvgIpc) is 2.98. The van der Waals surface area contributed by atoms with E-state index in [1.807, 2.05) is 37.4 Å². The monoisotopic (exact) mass is 260 g/mol. The van der Waals surface area contributed by atoms with Gasteiger partial charge in [-0.15, -0.1) is 0 Å². The lowest BCUT2D eigenvalue weighted by Gasteiger charge is -2.27. The summed E-state index contributed by atoms with van der Waals surface area (Å²) in [5.41, 5.74) is 0.298. The third-order valence-corrected chi connectivity index (χ3v) is 3.60. The van der Waals surface area contributed by atoms with E-state index < -0.39 is 5.54 Å². The van der Waals surface area contributed by atoms with E-state index in [4.69, 9.17) is 9.47 Å². The summed E-state index contributed by atoms with van der Waals surface area (Å²) in [6.07, 6.45) is 1.76. The quantitative estimate of drug-likeness (QED) is 0.847. The van der Waals surface area contributed by atoms with Crippen molar-refractivity contribution in [1.29, 1.82) is 5.26 Å². The molecular formula is C15H20N2O2. The molecule has 1 N–H and O–H groups in total. The molecule has 1 fully saturated rings. The normalized spacial score (nSPS) is 21.8. The summed E-state index contributed by atoms with van der Waals surface area (Å²) >= 11 is 0. The highest BCUT2D eigenvalue weighted by Crippen LogP contribution is 2.24. The third-order valence-electron chi connectivity index (χ3n) is 3.60. The van der Waals surface area contributed by atoms with Crippen LogP contribution in [0.3, 0.4) is 0 Å². The van der Waals surface area contributed by atoms with Crippen molar-refractivity contribution < 1.29 is 9.47 Å². The van der Waals surface area contributed by atoms with E-state index in [1.165, 1.54) is 0 Å². The number of rotatable bonds is 6. The van der Waals surface area contributed by atoms with E-state index in [-0.39, 0.29) is 6.10 Å². The maximum Gasteiger partial charge on any atom is 0.134 e. The number of hydrogen-bond donors (Lipinski definition) is 1. The van der Waals surface area contributed by atoms with Gasteiger partial charge in [0.25, 0.3) is 0 Å². The van der Waals surface area contributed by atoms with Crippen molar-refractivity contribution in [2.45, 2.75) is 24.5 Å². The fourth-order valence-electron chi connectivity index (χ4n) is 2.34. The van der Waals surface area contributed by atoms with E-state index in [9.17, 15) is 5.26 Å². The molecule has 2 rings (SSSR count). The maximum absolute atomic E-state index is 9.53. The summed E-state index contributed by atoms with van der Waals surface area (Å²) < 4.78 is 11.0. The molecule has 0 saturated carbocycles. The fourth-order valence-corrected chi connectivity index (χ4v) is 2.34. The van der Waals surface area contributed by atoms with E-state index in [2.05, 4.69) is 11.4 Å². The summed E-state index contributed by atoms with van der Waals surface area (Å²) in [6, 6.07) is 12.2. The lowest BCUT2D eigenvalue weighted by Crippen LogP contribution is -2.40. The Morgan fingerprint density at radius 2 is 2.26 bits per heavy atom. The van der Waals surface area contributed by atoms with Gasteiger partial charge < -0.3 is 9.47 Å². The molecule has 2 unspecified atom stereocenters. The zero-order chi connectivity index (χ0) is 13.6. The zero-order valence-electron chi connectivity index (χ0n) is 11.3. The van der Waals surface area contributed by atoms with Crippen LogP contribution >= 0.6 is 0 Å². The summed E-state index contributed by atoms with van der Waals surface area (Å²) in [5, 5.41) is 12.7. The van der Waals surface area contributed by atoms with Gasteiger partial charge in [0, 0.05) is 13.0 Å². The van der Waals surface area contributed by atoms with E-state index in [0.29, 0.717) is 19.6 Å². The molecule has 4 nitrogen and oxygen atoms in total. The van der Waals surface area contributed by atoms with Gasteiger partial charge in [0.05, 0.1) is 25.4 Å². The van der Waals surface area contributed by atoms with E-state index >= 15 is 0 Å². The van der Waals surface area contributed by atoms with Crippen molar-refractivity contribution >= 4 is 0 Å². The molecule has 1 aliphatic rings. The number of hydrogen-bond acceptors (Lipinski definition) is 4. The Kier molecular flexibility index (Phi) is 4.92. The summed E-state index contributed by atoms with van der Waals surface area (Å²) in [4.78, 5) is 0. The van der Waals surface area contributed by atoms with Crippen molar-refractivity contribution in [3.05, 3.63) is 35.9 Å². The third kappa shape index (κ3) is 3.32. The van der Waals surface area contributed by atoms with Crippen LogP contribution in [0.2, 0.25) is 0 Å². The first-order valence-electron chi connectivity index (χ1n) is 6.66. The van der Waals surface area contributed by atoms with E-state index in [1.54, 1.807) is 0 Å². The molecule has 0 bridgehead atoms. The molecule has 0 amide bonds. The molecule has 19 heavy (non-hydrogen) atoms. The summed E-state index contributed by atoms with van der Waals surface area (Å²) in [7, 11) is 1.81. The Morgan fingerprint density at radius 1 is 1.47 bits per heavy atom. The van der Waals surface area contributed by atoms with Crippen molar-refractivity contribution in [2.75, 3.05) is 26.9 Å². The van der Waals surface area contributed by atoms with Gasteiger partial charge in [-0.25, -0.2) is 0 Å². The van der Waals surface area contributed by atoms with Crippen molar-refractivity contribution in [3.63, 3.8) is 0 Å². The number of nitrogens with one attached hydrogen (secondary N) is 1. The minimum atomic E-state index is -0.680. The maximum atomic E-state index is 9.53. The number of nitrogens with zero attached hydrogens (tertiary/aromatic N) is 1. The Morgan fingerprint density at radius 3 is 2.84 bits per heavy atom. The molecule has 0 radical (unpaired) electrons. The molecule has 1 aliphatic heterocycles. The second-order valence-corrected chi connectivity index (χ2v) is 4.74. The Labute approximate surface area is 114 Å². The number of benzene rings is 1. The van der Waals surface area contributed by atoms with Gasteiger partial charge in [-0.3, -0.25) is 5.32 Å². The largest absolute Gasteiger partial charge is 0.379 e.